The molecule has 0 aliphatic heterocycles. The number of nitrogens with two attached hydrogens (primary N) is 1. The van der Waals surface area contributed by atoms with Gasteiger partial charge in [-0.25, -0.2) is 0 Å². The van der Waals surface area contributed by atoms with E-state index in [4.69, 9.17) is 5.73 Å². The Morgan fingerprint density at radius 3 is 2.60 bits per heavy atom. The maximum atomic E-state index is 12.5. The molecule has 104 valence electrons. The average Bonchev–Trinajstić information content (AvgIpc) is 2.53. The second-order valence-electron chi connectivity index (χ2n) is 4.73. The van der Waals surface area contributed by atoms with Crippen molar-refractivity contribution < 1.29 is 4.79 Å². The number of benzene rings is 1. The number of carbonyl (C=O) groups is 1. The molecule has 0 aliphatic carbocycles. The van der Waals surface area contributed by atoms with E-state index in [0.29, 0.717) is 13.0 Å². The molecular weight excluding hydrogens is 250 g/mol. The van der Waals surface area contributed by atoms with Gasteiger partial charge in [-0.15, -0.1) is 0 Å². The second kappa shape index (κ2) is 6.82. The van der Waals surface area contributed by atoms with Gasteiger partial charge in [0.25, 0.3) is 0 Å². The lowest BCUT2D eigenvalue weighted by atomic mass is 9.98. The Kier molecular flexibility index (Phi) is 4.85. The minimum Gasteiger partial charge on any atom is -0.330 e. The van der Waals surface area contributed by atoms with Crippen LogP contribution in [0.4, 0.5) is 5.69 Å². The first-order chi connectivity index (χ1) is 9.72. The number of rotatable bonds is 5. The molecule has 0 saturated carbocycles. The van der Waals surface area contributed by atoms with Gasteiger partial charge in [0.2, 0.25) is 5.91 Å². The monoisotopic (exact) mass is 269 g/mol. The fourth-order valence-corrected chi connectivity index (χ4v) is 2.12. The molecule has 0 radical (unpaired) electrons. The molecule has 4 nitrogen and oxygen atoms in total. The van der Waals surface area contributed by atoms with Crippen LogP contribution in [0.1, 0.15) is 5.56 Å². The summed E-state index contributed by atoms with van der Waals surface area (Å²) in [4.78, 5) is 18.1. The number of pyridine rings is 1. The van der Waals surface area contributed by atoms with E-state index < -0.39 is 0 Å². The lowest BCUT2D eigenvalue weighted by molar-refractivity contribution is -0.121. The highest BCUT2D eigenvalue weighted by Crippen LogP contribution is 2.16. The molecule has 2 rings (SSSR count). The summed E-state index contributed by atoms with van der Waals surface area (Å²) in [5.74, 6) is -0.202. The summed E-state index contributed by atoms with van der Waals surface area (Å²) in [5.41, 5.74) is 7.68. The fourth-order valence-electron chi connectivity index (χ4n) is 2.12. The molecule has 1 unspecified atom stereocenters. The van der Waals surface area contributed by atoms with Gasteiger partial charge in [-0.2, -0.15) is 0 Å². The smallest absolute Gasteiger partial charge is 0.231 e. The van der Waals surface area contributed by atoms with Crippen LogP contribution in [0.2, 0.25) is 0 Å². The average molecular weight is 269 g/mol. The van der Waals surface area contributed by atoms with Gasteiger partial charge in [0.1, 0.15) is 0 Å². The molecule has 0 bridgehead atoms. The highest BCUT2D eigenvalue weighted by Gasteiger charge is 2.22. The lowest BCUT2D eigenvalue weighted by Crippen LogP contribution is -2.37. The van der Waals surface area contributed by atoms with E-state index in [1.54, 1.807) is 24.3 Å². The SMILES string of the molecule is CN(C(=O)C(CN)Cc1ccccc1)c1cccnc1. The number of amides is 1. The highest BCUT2D eigenvalue weighted by molar-refractivity contribution is 5.94. The molecule has 0 aliphatic rings. The van der Waals surface area contributed by atoms with E-state index in [1.807, 2.05) is 42.5 Å². The zero-order chi connectivity index (χ0) is 14.4. The first kappa shape index (κ1) is 14.2. The van der Waals surface area contributed by atoms with Gasteiger partial charge in [-0.3, -0.25) is 9.78 Å². The quantitative estimate of drug-likeness (QED) is 0.901. The van der Waals surface area contributed by atoms with Crippen LogP contribution >= 0.6 is 0 Å². The molecule has 1 aromatic carbocycles. The molecular formula is C16H19N3O. The third kappa shape index (κ3) is 3.42. The van der Waals surface area contributed by atoms with Crippen LogP contribution in [0.3, 0.4) is 0 Å². The molecule has 2 N–H and O–H groups in total. The molecule has 1 heterocycles. The zero-order valence-electron chi connectivity index (χ0n) is 11.6. The van der Waals surface area contributed by atoms with Crippen LogP contribution in [-0.2, 0) is 11.2 Å². The summed E-state index contributed by atoms with van der Waals surface area (Å²) in [6, 6.07) is 13.6. The standard InChI is InChI=1S/C16H19N3O/c1-19(15-8-5-9-18-12-15)16(20)14(11-17)10-13-6-3-2-4-7-13/h2-9,12,14H,10-11,17H2,1H3. The Hall–Kier alpha value is -2.20. The highest BCUT2D eigenvalue weighted by atomic mass is 16.2. The number of aromatic nitrogens is 1. The number of hydrogen-bond acceptors (Lipinski definition) is 3. The van der Waals surface area contributed by atoms with E-state index in [0.717, 1.165) is 11.3 Å². The van der Waals surface area contributed by atoms with E-state index in [2.05, 4.69) is 4.98 Å². The minimum absolute atomic E-state index is 0.0179. The Balaban J connectivity index is 2.09. The van der Waals surface area contributed by atoms with E-state index >= 15 is 0 Å². The van der Waals surface area contributed by atoms with Crippen molar-refractivity contribution in [3.63, 3.8) is 0 Å². The third-order valence-corrected chi connectivity index (χ3v) is 3.32. The van der Waals surface area contributed by atoms with Gasteiger partial charge in [-0.1, -0.05) is 30.3 Å². The first-order valence-electron chi connectivity index (χ1n) is 6.64. The fraction of sp³-hybridized carbons (Fsp3) is 0.250. The predicted octanol–water partition coefficient (Wildman–Crippen LogP) is 1.86. The Morgan fingerprint density at radius 1 is 1.25 bits per heavy atom. The van der Waals surface area contributed by atoms with Crippen molar-refractivity contribution in [2.75, 3.05) is 18.5 Å². The molecule has 4 heteroatoms. The van der Waals surface area contributed by atoms with Crippen LogP contribution in [0.15, 0.2) is 54.9 Å². The Labute approximate surface area is 119 Å². The van der Waals surface area contributed by atoms with Gasteiger partial charge in [-0.05, 0) is 24.1 Å². The van der Waals surface area contributed by atoms with Gasteiger partial charge >= 0.3 is 0 Å². The molecule has 2 aromatic rings. The molecule has 1 aromatic heterocycles. The van der Waals surface area contributed by atoms with Gasteiger partial charge in [0.05, 0.1) is 17.8 Å². The molecule has 0 spiro atoms. The minimum atomic E-state index is -0.220. The van der Waals surface area contributed by atoms with Gasteiger partial charge < -0.3 is 10.6 Å². The summed E-state index contributed by atoms with van der Waals surface area (Å²) >= 11 is 0. The van der Waals surface area contributed by atoms with Crippen molar-refractivity contribution in [1.29, 1.82) is 0 Å². The number of hydrogen-bond donors (Lipinski definition) is 1. The van der Waals surface area contributed by atoms with Gasteiger partial charge in [0, 0.05) is 19.8 Å². The molecule has 0 fully saturated rings. The lowest BCUT2D eigenvalue weighted by Gasteiger charge is -2.22. The molecule has 0 saturated heterocycles. The maximum Gasteiger partial charge on any atom is 0.231 e. The van der Waals surface area contributed by atoms with Crippen molar-refractivity contribution >= 4 is 11.6 Å². The normalized spacial score (nSPS) is 11.9. The van der Waals surface area contributed by atoms with Crippen LogP contribution in [-0.4, -0.2) is 24.5 Å². The summed E-state index contributed by atoms with van der Waals surface area (Å²) in [5, 5.41) is 0. The molecule has 1 amide bonds. The van der Waals surface area contributed by atoms with Crippen LogP contribution in [0.5, 0.6) is 0 Å². The van der Waals surface area contributed by atoms with Crippen molar-refractivity contribution in [2.45, 2.75) is 6.42 Å². The summed E-state index contributed by atoms with van der Waals surface area (Å²) in [6.07, 6.45) is 4.01. The number of carbonyl (C=O) groups excluding carboxylic acids is 1. The third-order valence-electron chi connectivity index (χ3n) is 3.32. The first-order valence-corrected chi connectivity index (χ1v) is 6.64. The number of nitrogens with zero attached hydrogens (tertiary/aromatic N) is 2. The predicted molar refractivity (Wildman–Crippen MR) is 80.3 cm³/mol. The summed E-state index contributed by atoms with van der Waals surface area (Å²) < 4.78 is 0. The van der Waals surface area contributed by atoms with Crippen molar-refractivity contribution in [3.05, 3.63) is 60.4 Å². The Morgan fingerprint density at radius 2 is 2.00 bits per heavy atom. The van der Waals surface area contributed by atoms with Crippen molar-refractivity contribution in [3.8, 4) is 0 Å². The second-order valence-corrected chi connectivity index (χ2v) is 4.73. The largest absolute Gasteiger partial charge is 0.330 e. The van der Waals surface area contributed by atoms with Crippen LogP contribution in [0, 0.1) is 5.92 Å². The van der Waals surface area contributed by atoms with Gasteiger partial charge in [0.15, 0.2) is 0 Å². The summed E-state index contributed by atoms with van der Waals surface area (Å²) in [6.45, 7) is 0.332. The molecule has 1 atom stereocenters. The van der Waals surface area contributed by atoms with Crippen molar-refractivity contribution in [2.24, 2.45) is 11.7 Å². The Bertz CT molecular complexity index is 542. The van der Waals surface area contributed by atoms with E-state index in [-0.39, 0.29) is 11.8 Å². The molecule has 20 heavy (non-hydrogen) atoms. The van der Waals surface area contributed by atoms with Crippen LogP contribution in [0.25, 0.3) is 0 Å². The van der Waals surface area contributed by atoms with Crippen molar-refractivity contribution in [1.82, 2.24) is 4.98 Å². The summed E-state index contributed by atoms with van der Waals surface area (Å²) in [7, 11) is 1.76. The van der Waals surface area contributed by atoms with Crippen LogP contribution < -0.4 is 10.6 Å². The van der Waals surface area contributed by atoms with E-state index in [9.17, 15) is 4.79 Å². The van der Waals surface area contributed by atoms with E-state index in [1.165, 1.54) is 0 Å². The number of anilines is 1. The topological polar surface area (TPSA) is 59.2 Å². The zero-order valence-corrected chi connectivity index (χ0v) is 11.6. The maximum absolute atomic E-state index is 12.5.